The van der Waals surface area contributed by atoms with Gasteiger partial charge >= 0.3 is 0 Å². The van der Waals surface area contributed by atoms with E-state index in [1.807, 2.05) is 0 Å². The van der Waals surface area contributed by atoms with E-state index in [4.69, 9.17) is 5.73 Å². The van der Waals surface area contributed by atoms with E-state index in [1.54, 1.807) is 6.26 Å². The Morgan fingerprint density at radius 1 is 1.55 bits per heavy atom. The Morgan fingerprint density at radius 3 is 2.80 bits per heavy atom. The van der Waals surface area contributed by atoms with Gasteiger partial charge in [-0.2, -0.15) is 0 Å². The maximum Gasteiger partial charge on any atom is 0.0318 e. The standard InChI is InChI=1S/C16H28N2OS/c1-11(6-7-20(5)19)18-12(2)8-13-14(17)9-16(3,4)10-15(13)18/h8,11,14H,6-7,9-10,17H2,1-5H3. The molecule has 1 aliphatic carbocycles. The van der Waals surface area contributed by atoms with Gasteiger partial charge in [0.05, 0.1) is 0 Å². The first-order chi connectivity index (χ1) is 9.21. The van der Waals surface area contributed by atoms with Gasteiger partial charge in [0, 0.05) is 46.3 Å². The molecular weight excluding hydrogens is 268 g/mol. The first kappa shape index (κ1) is 15.8. The third kappa shape index (κ3) is 3.17. The maximum atomic E-state index is 11.3. The Bertz CT molecular complexity index is 519. The summed E-state index contributed by atoms with van der Waals surface area (Å²) in [6.45, 7) is 8.99. The van der Waals surface area contributed by atoms with Crippen molar-refractivity contribution in [1.82, 2.24) is 4.57 Å². The topological polar surface area (TPSA) is 48.0 Å². The lowest BCUT2D eigenvalue weighted by Gasteiger charge is -2.35. The van der Waals surface area contributed by atoms with Gasteiger partial charge in [-0.1, -0.05) is 13.8 Å². The van der Waals surface area contributed by atoms with Crippen LogP contribution in [0.2, 0.25) is 0 Å². The molecule has 1 aliphatic rings. The average molecular weight is 296 g/mol. The van der Waals surface area contributed by atoms with Gasteiger partial charge in [-0.25, -0.2) is 0 Å². The van der Waals surface area contributed by atoms with Gasteiger partial charge in [0.15, 0.2) is 0 Å². The fourth-order valence-corrected chi connectivity index (χ4v) is 4.22. The molecule has 0 saturated heterocycles. The van der Waals surface area contributed by atoms with E-state index in [9.17, 15) is 4.21 Å². The number of aromatic nitrogens is 1. The first-order valence-corrected chi connectivity index (χ1v) is 9.20. The van der Waals surface area contributed by atoms with Crippen LogP contribution >= 0.6 is 0 Å². The summed E-state index contributed by atoms with van der Waals surface area (Å²) in [5.41, 5.74) is 10.6. The Balaban J connectivity index is 2.33. The fraction of sp³-hybridized carbons (Fsp3) is 0.750. The summed E-state index contributed by atoms with van der Waals surface area (Å²) >= 11 is 0. The van der Waals surface area contributed by atoms with E-state index in [1.165, 1.54) is 17.0 Å². The highest BCUT2D eigenvalue weighted by Crippen LogP contribution is 2.42. The molecule has 2 rings (SSSR count). The first-order valence-electron chi connectivity index (χ1n) is 7.47. The SMILES string of the molecule is Cc1cc2c(n1C(C)CCS(C)=O)CC(C)(C)CC2N. The third-order valence-corrected chi connectivity index (χ3v) is 5.26. The molecular formula is C16H28N2OS. The number of hydrogen-bond acceptors (Lipinski definition) is 2. The number of hydrogen-bond donors (Lipinski definition) is 1. The quantitative estimate of drug-likeness (QED) is 0.928. The maximum absolute atomic E-state index is 11.3. The van der Waals surface area contributed by atoms with Crippen LogP contribution in [-0.2, 0) is 17.2 Å². The highest BCUT2D eigenvalue weighted by molar-refractivity contribution is 7.84. The van der Waals surface area contributed by atoms with Crippen LogP contribution < -0.4 is 5.73 Å². The zero-order valence-corrected chi connectivity index (χ0v) is 14.2. The van der Waals surface area contributed by atoms with Gasteiger partial charge in [0.25, 0.3) is 0 Å². The second-order valence-corrected chi connectivity index (χ2v) is 8.68. The molecule has 0 bridgehead atoms. The van der Waals surface area contributed by atoms with Crippen LogP contribution in [0.1, 0.15) is 62.6 Å². The molecule has 0 aliphatic heterocycles. The molecule has 0 radical (unpaired) electrons. The zero-order valence-electron chi connectivity index (χ0n) is 13.4. The second kappa shape index (κ2) is 5.64. The van der Waals surface area contributed by atoms with Gasteiger partial charge in [0.1, 0.15) is 0 Å². The minimum Gasteiger partial charge on any atom is -0.346 e. The minimum atomic E-state index is -0.716. The summed E-state index contributed by atoms with van der Waals surface area (Å²) in [4.78, 5) is 0. The fourth-order valence-electron chi connectivity index (χ4n) is 3.55. The van der Waals surface area contributed by atoms with Gasteiger partial charge in [-0.05, 0) is 50.2 Å². The predicted octanol–water partition coefficient (Wildman–Crippen LogP) is 3.10. The van der Waals surface area contributed by atoms with Crippen molar-refractivity contribution in [2.24, 2.45) is 11.1 Å². The van der Waals surface area contributed by atoms with E-state index in [2.05, 4.69) is 38.3 Å². The van der Waals surface area contributed by atoms with E-state index in [-0.39, 0.29) is 11.5 Å². The number of nitrogens with zero attached hydrogens (tertiary/aromatic N) is 1. The summed E-state index contributed by atoms with van der Waals surface area (Å²) in [5, 5.41) is 0. The number of nitrogens with two attached hydrogens (primary N) is 1. The third-order valence-electron chi connectivity index (χ3n) is 4.45. The molecule has 3 nitrogen and oxygen atoms in total. The van der Waals surface area contributed by atoms with Crippen molar-refractivity contribution in [2.75, 3.05) is 12.0 Å². The largest absolute Gasteiger partial charge is 0.346 e. The molecule has 0 aromatic carbocycles. The highest BCUT2D eigenvalue weighted by atomic mass is 32.2. The molecule has 114 valence electrons. The number of aryl methyl sites for hydroxylation is 1. The van der Waals surface area contributed by atoms with Gasteiger partial charge in [-0.3, -0.25) is 4.21 Å². The molecule has 0 amide bonds. The molecule has 4 heteroatoms. The average Bonchev–Trinajstić information content (AvgIpc) is 2.61. The van der Waals surface area contributed by atoms with Crippen LogP contribution in [0.25, 0.3) is 0 Å². The molecule has 1 heterocycles. The minimum absolute atomic E-state index is 0.154. The molecule has 3 atom stereocenters. The molecule has 0 fully saturated rings. The molecule has 1 aromatic heterocycles. The Kier molecular flexibility index (Phi) is 4.45. The van der Waals surface area contributed by atoms with Crippen LogP contribution in [-0.4, -0.2) is 20.8 Å². The monoisotopic (exact) mass is 296 g/mol. The summed E-state index contributed by atoms with van der Waals surface area (Å²) in [6.07, 6.45) is 4.88. The van der Waals surface area contributed by atoms with Gasteiger partial charge in [-0.15, -0.1) is 0 Å². The van der Waals surface area contributed by atoms with Crippen molar-refractivity contribution in [3.63, 3.8) is 0 Å². The molecule has 2 N–H and O–H groups in total. The smallest absolute Gasteiger partial charge is 0.0318 e. The second-order valence-electron chi connectivity index (χ2n) is 7.12. The molecule has 20 heavy (non-hydrogen) atoms. The number of rotatable bonds is 4. The lowest BCUT2D eigenvalue weighted by atomic mass is 9.74. The number of fused-ring (bicyclic) bond motifs is 1. The predicted molar refractivity (Wildman–Crippen MR) is 86.5 cm³/mol. The Labute approximate surface area is 125 Å². The van der Waals surface area contributed by atoms with Crippen LogP contribution in [0.15, 0.2) is 6.07 Å². The van der Waals surface area contributed by atoms with Crippen LogP contribution in [0.4, 0.5) is 0 Å². The van der Waals surface area contributed by atoms with Crippen molar-refractivity contribution in [2.45, 2.75) is 59.0 Å². The summed E-state index contributed by atoms with van der Waals surface area (Å²) in [5.74, 6) is 0.767. The zero-order chi connectivity index (χ0) is 15.1. The van der Waals surface area contributed by atoms with Crippen molar-refractivity contribution >= 4 is 10.8 Å². The normalized spacial score (nSPS) is 24.2. The van der Waals surface area contributed by atoms with Crippen molar-refractivity contribution in [1.29, 1.82) is 0 Å². The van der Waals surface area contributed by atoms with E-state index in [0.29, 0.717) is 6.04 Å². The van der Waals surface area contributed by atoms with E-state index >= 15 is 0 Å². The molecule has 3 unspecified atom stereocenters. The van der Waals surface area contributed by atoms with E-state index < -0.39 is 10.8 Å². The van der Waals surface area contributed by atoms with Crippen molar-refractivity contribution in [3.05, 3.63) is 23.0 Å². The van der Waals surface area contributed by atoms with Crippen molar-refractivity contribution in [3.8, 4) is 0 Å². The molecule has 1 aromatic rings. The van der Waals surface area contributed by atoms with Crippen molar-refractivity contribution < 1.29 is 4.21 Å². The highest BCUT2D eigenvalue weighted by Gasteiger charge is 2.33. The van der Waals surface area contributed by atoms with Crippen LogP contribution in [0.5, 0.6) is 0 Å². The summed E-state index contributed by atoms with van der Waals surface area (Å²) < 4.78 is 13.8. The van der Waals surface area contributed by atoms with Crippen LogP contribution in [0, 0.1) is 12.3 Å². The lowest BCUT2D eigenvalue weighted by Crippen LogP contribution is -2.31. The van der Waals surface area contributed by atoms with Crippen LogP contribution in [0.3, 0.4) is 0 Å². The van der Waals surface area contributed by atoms with E-state index in [0.717, 1.165) is 25.0 Å². The summed E-state index contributed by atoms with van der Waals surface area (Å²) in [6, 6.07) is 2.80. The summed E-state index contributed by atoms with van der Waals surface area (Å²) in [7, 11) is -0.716. The Hall–Kier alpha value is -0.610. The molecule has 0 spiro atoms. The van der Waals surface area contributed by atoms with Gasteiger partial charge < -0.3 is 10.3 Å². The lowest BCUT2D eigenvalue weighted by molar-refractivity contribution is 0.271. The van der Waals surface area contributed by atoms with Gasteiger partial charge in [0.2, 0.25) is 0 Å². The molecule has 0 saturated carbocycles. The Morgan fingerprint density at radius 2 is 2.20 bits per heavy atom.